The second-order valence-corrected chi connectivity index (χ2v) is 11.0. The molecular weight excluding hydrogens is 447 g/mol. The number of nitrogens with one attached hydrogen (secondary N) is 1. The topological polar surface area (TPSA) is 50.9 Å². The van der Waals surface area contributed by atoms with E-state index in [-0.39, 0.29) is 0 Å². The Morgan fingerprint density at radius 2 is 1.87 bits per heavy atom. The minimum absolute atomic E-state index is 0.776. The number of nitrogen functional groups attached to an aromatic ring is 1. The number of thioether (sulfide) groups is 3. The van der Waals surface area contributed by atoms with Crippen LogP contribution in [0.5, 0.6) is 0 Å². The van der Waals surface area contributed by atoms with E-state index >= 15 is 0 Å². The highest BCUT2D eigenvalue weighted by molar-refractivity contribution is 8.31. The Balaban J connectivity index is 1.29. The lowest BCUT2D eigenvalue weighted by molar-refractivity contribution is 1.24. The summed E-state index contributed by atoms with van der Waals surface area (Å²) >= 11 is 7.02. The Kier molecular flexibility index (Phi) is 7.75. The second-order valence-electron chi connectivity index (χ2n) is 6.41. The molecule has 1 aromatic heterocycles. The van der Waals surface area contributed by atoms with Crippen LogP contribution in [0.3, 0.4) is 0 Å². The predicted octanol–water partition coefficient (Wildman–Crippen LogP) is 7.63. The monoisotopic (exact) mass is 467 g/mol. The van der Waals surface area contributed by atoms with Gasteiger partial charge in [-0.2, -0.15) is 0 Å². The lowest BCUT2D eigenvalue weighted by Gasteiger charge is -2.15. The first-order valence-corrected chi connectivity index (χ1v) is 12.8. The zero-order chi connectivity index (χ0) is 20.6. The molecule has 1 aliphatic rings. The van der Waals surface area contributed by atoms with Gasteiger partial charge >= 0.3 is 0 Å². The van der Waals surface area contributed by atoms with Crippen LogP contribution in [0, 0.1) is 0 Å². The molecule has 0 radical (unpaired) electrons. The zero-order valence-electron chi connectivity index (χ0n) is 16.2. The van der Waals surface area contributed by atoms with Crippen molar-refractivity contribution in [3.63, 3.8) is 0 Å². The van der Waals surface area contributed by atoms with E-state index in [2.05, 4.69) is 76.5 Å². The van der Waals surface area contributed by atoms with Crippen molar-refractivity contribution in [1.29, 1.82) is 0 Å². The first-order chi connectivity index (χ1) is 14.8. The van der Waals surface area contributed by atoms with Gasteiger partial charge in [-0.1, -0.05) is 66.0 Å². The fourth-order valence-electron chi connectivity index (χ4n) is 2.67. The van der Waals surface area contributed by atoms with Gasteiger partial charge < -0.3 is 10.5 Å². The summed E-state index contributed by atoms with van der Waals surface area (Å²) < 4.78 is 6.10. The first-order valence-electron chi connectivity index (χ1n) is 9.41. The van der Waals surface area contributed by atoms with Gasteiger partial charge in [0.1, 0.15) is 0 Å². The summed E-state index contributed by atoms with van der Waals surface area (Å²) in [6, 6.07) is 20.9. The molecule has 3 aromatic rings. The molecule has 1 aliphatic heterocycles. The van der Waals surface area contributed by atoms with Gasteiger partial charge in [0.15, 0.2) is 0 Å². The van der Waals surface area contributed by atoms with E-state index in [1.807, 2.05) is 35.8 Å². The lowest BCUT2D eigenvalue weighted by Crippen LogP contribution is -1.92. The Morgan fingerprint density at radius 3 is 2.73 bits per heavy atom. The summed E-state index contributed by atoms with van der Waals surface area (Å²) in [4.78, 5) is 6.45. The van der Waals surface area contributed by atoms with Gasteiger partial charge in [-0.15, -0.1) is 11.8 Å². The van der Waals surface area contributed by atoms with Gasteiger partial charge in [0.25, 0.3) is 0 Å². The quantitative estimate of drug-likeness (QED) is 0.261. The van der Waals surface area contributed by atoms with Crippen LogP contribution in [0.4, 0.5) is 11.4 Å². The smallest absolute Gasteiger partial charge is 0.0629 e. The molecule has 2 heterocycles. The van der Waals surface area contributed by atoms with Crippen molar-refractivity contribution in [3.8, 4) is 0 Å². The van der Waals surface area contributed by atoms with Crippen molar-refractivity contribution in [3.05, 3.63) is 99.2 Å². The van der Waals surface area contributed by atoms with Gasteiger partial charge in [0.2, 0.25) is 0 Å². The van der Waals surface area contributed by atoms with Crippen LogP contribution in [0.25, 0.3) is 0 Å². The summed E-state index contributed by atoms with van der Waals surface area (Å²) in [6.07, 6.45) is 9.06. The fraction of sp³-hybridized carbons (Fsp3) is 0.0870. The molecule has 0 unspecified atom stereocenters. The molecule has 0 atom stereocenters. The van der Waals surface area contributed by atoms with Crippen LogP contribution < -0.4 is 10.5 Å². The van der Waals surface area contributed by atoms with Crippen LogP contribution in [-0.2, 0) is 5.75 Å². The molecule has 0 spiro atoms. The average Bonchev–Trinajstić information content (AvgIpc) is 2.78. The van der Waals surface area contributed by atoms with E-state index < -0.39 is 0 Å². The van der Waals surface area contributed by atoms with Crippen LogP contribution >= 0.6 is 47.2 Å². The third-order valence-corrected chi connectivity index (χ3v) is 8.59. The van der Waals surface area contributed by atoms with Gasteiger partial charge in [0, 0.05) is 43.5 Å². The van der Waals surface area contributed by atoms with E-state index in [1.54, 1.807) is 29.9 Å². The highest BCUT2D eigenvalue weighted by Gasteiger charge is 2.11. The molecule has 3 nitrogen and oxygen atoms in total. The summed E-state index contributed by atoms with van der Waals surface area (Å²) in [5.74, 6) is 0.855. The fourth-order valence-corrected chi connectivity index (χ4v) is 6.77. The zero-order valence-corrected chi connectivity index (χ0v) is 19.4. The maximum Gasteiger partial charge on any atom is 0.0629 e. The molecule has 0 saturated carbocycles. The minimum Gasteiger partial charge on any atom is -0.398 e. The van der Waals surface area contributed by atoms with E-state index in [1.165, 1.54) is 18.9 Å². The van der Waals surface area contributed by atoms with Crippen LogP contribution in [0.15, 0.2) is 103 Å². The largest absolute Gasteiger partial charge is 0.398 e. The Morgan fingerprint density at radius 1 is 1.00 bits per heavy atom. The Labute approximate surface area is 194 Å². The number of allylic oxidation sites excluding steroid dienone is 2. The number of benzene rings is 2. The van der Waals surface area contributed by atoms with Gasteiger partial charge in [-0.25, -0.2) is 0 Å². The van der Waals surface area contributed by atoms with Crippen molar-refractivity contribution in [1.82, 2.24) is 4.98 Å². The minimum atomic E-state index is 0.776. The normalized spacial score (nSPS) is 13.5. The standard InChI is InChI=1S/C23H21N3S4/c24-20-12-13-25-15-21(20)27-16-17-6-4-7-18(14-17)26-30-23-11-5-10-22(29-23)28-19-8-2-1-3-9-19/h1-4,6-15,26H,5,16H2,(H2,24,25). The first kappa shape index (κ1) is 21.3. The summed E-state index contributed by atoms with van der Waals surface area (Å²) in [7, 11) is 0. The van der Waals surface area contributed by atoms with Gasteiger partial charge in [-0.3, -0.25) is 4.98 Å². The summed E-state index contributed by atoms with van der Waals surface area (Å²) in [5.41, 5.74) is 9.14. The molecule has 0 bridgehead atoms. The molecule has 3 N–H and O–H groups in total. The highest BCUT2D eigenvalue weighted by Crippen LogP contribution is 2.45. The van der Waals surface area contributed by atoms with E-state index in [9.17, 15) is 0 Å². The molecule has 0 fully saturated rings. The summed E-state index contributed by atoms with van der Waals surface area (Å²) in [5, 5.41) is 0. The van der Waals surface area contributed by atoms with Crippen LogP contribution in [-0.4, -0.2) is 4.98 Å². The third kappa shape index (κ3) is 6.28. The number of rotatable bonds is 8. The second kappa shape index (κ2) is 10.9. The molecular formula is C23H21N3S4. The number of hydrogen-bond acceptors (Lipinski definition) is 7. The molecule has 7 heteroatoms. The number of hydrogen-bond donors (Lipinski definition) is 2. The van der Waals surface area contributed by atoms with Crippen molar-refractivity contribution in [2.24, 2.45) is 0 Å². The molecule has 0 amide bonds. The molecule has 2 aromatic carbocycles. The number of nitrogens with zero attached hydrogens (tertiary/aromatic N) is 1. The highest BCUT2D eigenvalue weighted by atomic mass is 32.2. The SMILES string of the molecule is Nc1ccncc1SCc1cccc(NSC2=CCC=C(Sc3ccccc3)S2)c1. The number of nitrogens with two attached hydrogens (primary N) is 1. The summed E-state index contributed by atoms with van der Waals surface area (Å²) in [6.45, 7) is 0. The van der Waals surface area contributed by atoms with Crippen LogP contribution in [0.2, 0.25) is 0 Å². The third-order valence-electron chi connectivity index (χ3n) is 4.14. The van der Waals surface area contributed by atoms with Crippen molar-refractivity contribution in [2.75, 3.05) is 10.5 Å². The van der Waals surface area contributed by atoms with E-state index in [0.717, 1.165) is 28.4 Å². The maximum absolute atomic E-state index is 6.01. The number of pyridine rings is 1. The predicted molar refractivity (Wildman–Crippen MR) is 137 cm³/mol. The Bertz CT molecular complexity index is 1050. The van der Waals surface area contributed by atoms with Gasteiger partial charge in [0.05, 0.1) is 4.24 Å². The number of aromatic nitrogens is 1. The maximum atomic E-state index is 6.01. The molecule has 0 saturated heterocycles. The van der Waals surface area contributed by atoms with Crippen molar-refractivity contribution < 1.29 is 0 Å². The molecule has 4 rings (SSSR count). The Hall–Kier alpha value is -1.93. The molecule has 152 valence electrons. The van der Waals surface area contributed by atoms with Crippen LogP contribution in [0.1, 0.15) is 12.0 Å². The average molecular weight is 468 g/mol. The molecule has 30 heavy (non-hydrogen) atoms. The van der Waals surface area contributed by atoms with Gasteiger partial charge in [-0.05, 0) is 54.3 Å². The molecule has 0 aliphatic carbocycles. The van der Waals surface area contributed by atoms with Crippen molar-refractivity contribution >= 4 is 58.6 Å². The number of anilines is 2. The lowest BCUT2D eigenvalue weighted by atomic mass is 10.2. The van der Waals surface area contributed by atoms with Crippen molar-refractivity contribution in [2.45, 2.75) is 22.0 Å². The van der Waals surface area contributed by atoms with E-state index in [0.29, 0.717) is 0 Å². The van der Waals surface area contributed by atoms with E-state index in [4.69, 9.17) is 5.73 Å².